The fourth-order valence-corrected chi connectivity index (χ4v) is 3.23. The van der Waals surface area contributed by atoms with Crippen molar-refractivity contribution < 1.29 is 4.39 Å². The number of aromatic nitrogens is 1. The highest BCUT2D eigenvalue weighted by Crippen LogP contribution is 2.31. The van der Waals surface area contributed by atoms with E-state index in [0.29, 0.717) is 10.6 Å². The predicted molar refractivity (Wildman–Crippen MR) is 83.9 cm³/mol. The van der Waals surface area contributed by atoms with E-state index >= 15 is 0 Å². The standard InChI is InChI=1S/C15H18ClFN2S/c1-3-5-13-14(9-18-4-2)20-15(19-13)11-7-6-10(16)8-12(11)17/h6-8,18H,3-5,9H2,1-2H3. The topological polar surface area (TPSA) is 24.9 Å². The van der Waals surface area contributed by atoms with Gasteiger partial charge in [0.2, 0.25) is 0 Å². The number of nitrogens with zero attached hydrogens (tertiary/aromatic N) is 1. The zero-order valence-corrected chi connectivity index (χ0v) is 13.2. The maximum atomic E-state index is 14.0. The molecule has 0 atom stereocenters. The molecule has 20 heavy (non-hydrogen) atoms. The van der Waals surface area contributed by atoms with Crippen molar-refractivity contribution in [2.45, 2.75) is 33.2 Å². The second-order valence-electron chi connectivity index (χ2n) is 4.54. The van der Waals surface area contributed by atoms with Crippen LogP contribution < -0.4 is 5.32 Å². The molecule has 0 aliphatic carbocycles. The number of aryl methyl sites for hydroxylation is 1. The largest absolute Gasteiger partial charge is 0.312 e. The lowest BCUT2D eigenvalue weighted by Gasteiger charge is -2.00. The number of hydrogen-bond donors (Lipinski definition) is 1. The summed E-state index contributed by atoms with van der Waals surface area (Å²) in [4.78, 5) is 5.80. The van der Waals surface area contributed by atoms with Gasteiger partial charge in [-0.3, -0.25) is 0 Å². The van der Waals surface area contributed by atoms with E-state index in [0.717, 1.165) is 36.6 Å². The first-order chi connectivity index (χ1) is 9.65. The molecule has 1 aromatic heterocycles. The predicted octanol–water partition coefficient (Wildman–Crippen LogP) is 4.66. The fourth-order valence-electron chi connectivity index (χ4n) is 1.97. The molecule has 0 spiro atoms. The summed E-state index contributed by atoms with van der Waals surface area (Å²) in [5, 5.41) is 4.45. The number of halogens is 2. The number of hydrogen-bond acceptors (Lipinski definition) is 3. The molecule has 1 N–H and O–H groups in total. The van der Waals surface area contributed by atoms with Crippen LogP contribution in [0.3, 0.4) is 0 Å². The smallest absolute Gasteiger partial charge is 0.134 e. The van der Waals surface area contributed by atoms with E-state index in [1.54, 1.807) is 23.5 Å². The Bertz CT molecular complexity index is 583. The summed E-state index contributed by atoms with van der Waals surface area (Å²) in [6.07, 6.45) is 1.96. The van der Waals surface area contributed by atoms with Crippen LogP contribution in [0.15, 0.2) is 18.2 Å². The molecule has 1 heterocycles. The summed E-state index contributed by atoms with van der Waals surface area (Å²) >= 11 is 7.35. The second kappa shape index (κ2) is 7.16. The van der Waals surface area contributed by atoms with Crippen LogP contribution in [-0.4, -0.2) is 11.5 Å². The van der Waals surface area contributed by atoms with Gasteiger partial charge >= 0.3 is 0 Å². The summed E-state index contributed by atoms with van der Waals surface area (Å²) in [7, 11) is 0. The number of thiazole rings is 1. The minimum Gasteiger partial charge on any atom is -0.312 e. The van der Waals surface area contributed by atoms with Crippen molar-refractivity contribution in [1.29, 1.82) is 0 Å². The summed E-state index contributed by atoms with van der Waals surface area (Å²) in [6.45, 7) is 5.89. The SMILES string of the molecule is CCCc1nc(-c2ccc(Cl)cc2F)sc1CNCC. The van der Waals surface area contributed by atoms with Crippen molar-refractivity contribution in [2.24, 2.45) is 0 Å². The molecule has 2 rings (SSSR count). The average Bonchev–Trinajstić information content (AvgIpc) is 2.80. The zero-order chi connectivity index (χ0) is 14.5. The van der Waals surface area contributed by atoms with Gasteiger partial charge in [0.1, 0.15) is 10.8 Å². The first-order valence-corrected chi connectivity index (χ1v) is 7.99. The normalized spacial score (nSPS) is 11.0. The molecular weight excluding hydrogens is 295 g/mol. The molecule has 0 bridgehead atoms. The molecule has 2 aromatic rings. The number of nitrogens with one attached hydrogen (secondary N) is 1. The molecule has 0 amide bonds. The van der Waals surface area contributed by atoms with Crippen LogP contribution in [0.2, 0.25) is 5.02 Å². The first kappa shape index (κ1) is 15.4. The van der Waals surface area contributed by atoms with Gasteiger partial charge in [-0.1, -0.05) is 31.9 Å². The molecule has 0 saturated carbocycles. The molecule has 0 aliphatic rings. The summed E-state index contributed by atoms with van der Waals surface area (Å²) in [5.74, 6) is -0.315. The van der Waals surface area contributed by atoms with Crippen LogP contribution in [-0.2, 0) is 13.0 Å². The van der Waals surface area contributed by atoms with Gasteiger partial charge in [-0.25, -0.2) is 9.37 Å². The van der Waals surface area contributed by atoms with Crippen LogP contribution in [0.5, 0.6) is 0 Å². The van der Waals surface area contributed by atoms with Gasteiger partial charge in [0.25, 0.3) is 0 Å². The Morgan fingerprint density at radius 2 is 2.15 bits per heavy atom. The Balaban J connectivity index is 2.36. The third-order valence-electron chi connectivity index (χ3n) is 2.96. The Hall–Kier alpha value is -0.970. The van der Waals surface area contributed by atoms with Crippen molar-refractivity contribution in [2.75, 3.05) is 6.54 Å². The van der Waals surface area contributed by atoms with Crippen molar-refractivity contribution in [1.82, 2.24) is 10.3 Å². The van der Waals surface area contributed by atoms with Gasteiger partial charge in [-0.15, -0.1) is 11.3 Å². The molecule has 2 nitrogen and oxygen atoms in total. The maximum absolute atomic E-state index is 14.0. The monoisotopic (exact) mass is 312 g/mol. The third-order valence-corrected chi connectivity index (χ3v) is 4.33. The Labute approximate surface area is 128 Å². The van der Waals surface area contributed by atoms with E-state index in [1.807, 2.05) is 0 Å². The zero-order valence-electron chi connectivity index (χ0n) is 11.7. The Morgan fingerprint density at radius 1 is 1.35 bits per heavy atom. The van der Waals surface area contributed by atoms with Gasteiger partial charge in [0.05, 0.1) is 5.69 Å². The van der Waals surface area contributed by atoms with Crippen molar-refractivity contribution in [3.63, 3.8) is 0 Å². The van der Waals surface area contributed by atoms with E-state index in [-0.39, 0.29) is 5.82 Å². The lowest BCUT2D eigenvalue weighted by atomic mass is 10.2. The van der Waals surface area contributed by atoms with Crippen molar-refractivity contribution in [3.05, 3.63) is 39.6 Å². The summed E-state index contributed by atoms with van der Waals surface area (Å²) < 4.78 is 14.0. The molecular formula is C15H18ClFN2S. The number of benzene rings is 1. The highest BCUT2D eigenvalue weighted by Gasteiger charge is 2.14. The molecule has 0 unspecified atom stereocenters. The van der Waals surface area contributed by atoms with Crippen LogP contribution in [0.1, 0.15) is 30.8 Å². The van der Waals surface area contributed by atoms with E-state index in [4.69, 9.17) is 11.6 Å². The molecule has 0 aliphatic heterocycles. The van der Waals surface area contributed by atoms with Gasteiger partial charge in [0, 0.05) is 22.0 Å². The molecule has 5 heteroatoms. The van der Waals surface area contributed by atoms with Crippen LogP contribution in [0.4, 0.5) is 4.39 Å². The van der Waals surface area contributed by atoms with E-state index in [2.05, 4.69) is 24.1 Å². The summed E-state index contributed by atoms with van der Waals surface area (Å²) in [6, 6.07) is 4.73. The number of rotatable bonds is 6. The highest BCUT2D eigenvalue weighted by molar-refractivity contribution is 7.15. The van der Waals surface area contributed by atoms with E-state index < -0.39 is 0 Å². The fraction of sp³-hybridized carbons (Fsp3) is 0.400. The van der Waals surface area contributed by atoms with E-state index in [1.165, 1.54) is 10.9 Å². The quantitative estimate of drug-likeness (QED) is 0.838. The molecule has 0 saturated heterocycles. The van der Waals surface area contributed by atoms with E-state index in [9.17, 15) is 4.39 Å². The van der Waals surface area contributed by atoms with Gasteiger partial charge in [-0.05, 0) is 31.2 Å². The third kappa shape index (κ3) is 3.57. The first-order valence-electron chi connectivity index (χ1n) is 6.80. The molecule has 108 valence electrons. The van der Waals surface area contributed by atoms with Crippen LogP contribution in [0, 0.1) is 5.82 Å². The minimum atomic E-state index is -0.315. The maximum Gasteiger partial charge on any atom is 0.134 e. The molecule has 1 aromatic carbocycles. The Kier molecular flexibility index (Phi) is 5.52. The molecule has 0 fully saturated rings. The van der Waals surface area contributed by atoms with Gasteiger partial charge in [-0.2, -0.15) is 0 Å². The lowest BCUT2D eigenvalue weighted by molar-refractivity contribution is 0.631. The highest BCUT2D eigenvalue weighted by atomic mass is 35.5. The van der Waals surface area contributed by atoms with Crippen molar-refractivity contribution in [3.8, 4) is 10.6 Å². The van der Waals surface area contributed by atoms with Gasteiger partial charge in [0.15, 0.2) is 0 Å². The van der Waals surface area contributed by atoms with Crippen LogP contribution >= 0.6 is 22.9 Å². The lowest BCUT2D eigenvalue weighted by Crippen LogP contribution is -2.11. The summed E-state index contributed by atoms with van der Waals surface area (Å²) in [5.41, 5.74) is 1.60. The Morgan fingerprint density at radius 3 is 2.80 bits per heavy atom. The van der Waals surface area contributed by atoms with Gasteiger partial charge < -0.3 is 5.32 Å². The second-order valence-corrected chi connectivity index (χ2v) is 6.06. The average molecular weight is 313 g/mol. The van der Waals surface area contributed by atoms with Crippen molar-refractivity contribution >= 4 is 22.9 Å². The minimum absolute atomic E-state index is 0.315. The van der Waals surface area contributed by atoms with Crippen LogP contribution in [0.25, 0.3) is 10.6 Å². The molecule has 0 radical (unpaired) electrons.